The summed E-state index contributed by atoms with van der Waals surface area (Å²) in [6.07, 6.45) is 3.10. The minimum absolute atomic E-state index is 0.162. The van der Waals surface area contributed by atoms with Crippen LogP contribution in [0.2, 0.25) is 0 Å². The van der Waals surface area contributed by atoms with Crippen LogP contribution in [0, 0.1) is 0 Å². The summed E-state index contributed by atoms with van der Waals surface area (Å²) in [7, 11) is 0. The van der Waals surface area contributed by atoms with Crippen molar-refractivity contribution in [2.45, 2.75) is 37.9 Å². The van der Waals surface area contributed by atoms with E-state index in [1.54, 1.807) is 11.1 Å². The molecule has 0 saturated carbocycles. The Hall–Kier alpha value is -4.72. The van der Waals surface area contributed by atoms with Gasteiger partial charge < -0.3 is 21.3 Å². The van der Waals surface area contributed by atoms with E-state index < -0.39 is 12.1 Å². The number of nitrogens with two attached hydrogens (primary N) is 1. The summed E-state index contributed by atoms with van der Waals surface area (Å²) in [6.45, 7) is 0.780. The maximum atomic E-state index is 13.8. The summed E-state index contributed by atoms with van der Waals surface area (Å²) in [4.78, 5) is 45.7. The molecule has 1 saturated heterocycles. The Morgan fingerprint density at radius 3 is 2.46 bits per heavy atom. The summed E-state index contributed by atoms with van der Waals surface area (Å²) in [5.41, 5.74) is 8.41. The maximum absolute atomic E-state index is 13.8. The first-order chi connectivity index (χ1) is 19.0. The molecule has 0 unspecified atom stereocenters. The number of carbonyl (C=O) groups excluding carboxylic acids is 3. The Kier molecular flexibility index (Phi) is 7.82. The fourth-order valence-corrected chi connectivity index (χ4v) is 5.06. The van der Waals surface area contributed by atoms with Gasteiger partial charge >= 0.3 is 0 Å². The smallest absolute Gasteiger partial charge is 0.250 e. The molecule has 2 atom stereocenters. The normalized spacial score (nSPS) is 15.6. The third-order valence-corrected chi connectivity index (χ3v) is 7.06. The lowest BCUT2D eigenvalue weighted by Gasteiger charge is -2.29. The zero-order chi connectivity index (χ0) is 27.2. The van der Waals surface area contributed by atoms with Gasteiger partial charge in [-0.2, -0.15) is 0 Å². The quantitative estimate of drug-likeness (QED) is 0.328. The summed E-state index contributed by atoms with van der Waals surface area (Å²) in [6, 6.07) is 24.7. The number of benzene rings is 3. The van der Waals surface area contributed by atoms with Gasteiger partial charge in [-0.25, -0.2) is 4.98 Å². The molecule has 8 heteroatoms. The van der Waals surface area contributed by atoms with E-state index in [0.29, 0.717) is 37.3 Å². The van der Waals surface area contributed by atoms with Gasteiger partial charge in [0.1, 0.15) is 17.9 Å². The van der Waals surface area contributed by atoms with Crippen LogP contribution >= 0.6 is 0 Å². The average Bonchev–Trinajstić information content (AvgIpc) is 3.46. The number of nitrogens with one attached hydrogen (secondary N) is 2. The molecular weight excluding hydrogens is 490 g/mol. The van der Waals surface area contributed by atoms with E-state index in [1.807, 2.05) is 84.9 Å². The zero-order valence-electron chi connectivity index (χ0n) is 21.5. The molecular formula is C31H31N5O3. The van der Waals surface area contributed by atoms with E-state index >= 15 is 0 Å². The second-order valence-corrected chi connectivity index (χ2v) is 9.73. The molecule has 8 nitrogen and oxygen atoms in total. The number of anilines is 1. The number of nitrogen functional groups attached to an aromatic ring is 1. The van der Waals surface area contributed by atoms with Crippen LogP contribution in [-0.4, -0.2) is 40.2 Å². The number of likely N-dealkylation sites (tertiary alicyclic amines) is 1. The van der Waals surface area contributed by atoms with Crippen molar-refractivity contribution in [1.29, 1.82) is 0 Å². The van der Waals surface area contributed by atoms with Gasteiger partial charge in [-0.05, 0) is 47.1 Å². The van der Waals surface area contributed by atoms with E-state index in [0.717, 1.165) is 21.9 Å². The summed E-state index contributed by atoms with van der Waals surface area (Å²) in [5.74, 6) is -0.283. The highest BCUT2D eigenvalue weighted by Crippen LogP contribution is 2.25. The Labute approximate surface area is 227 Å². The van der Waals surface area contributed by atoms with Crippen LogP contribution in [0.15, 0.2) is 91.1 Å². The third-order valence-electron chi connectivity index (χ3n) is 7.06. The van der Waals surface area contributed by atoms with Crippen LogP contribution in [0.5, 0.6) is 0 Å². The van der Waals surface area contributed by atoms with Gasteiger partial charge in [0.25, 0.3) is 0 Å². The van der Waals surface area contributed by atoms with Crippen molar-refractivity contribution in [3.05, 3.63) is 108 Å². The van der Waals surface area contributed by atoms with E-state index in [1.165, 1.54) is 0 Å². The van der Waals surface area contributed by atoms with Crippen molar-refractivity contribution in [3.8, 4) is 0 Å². The minimum atomic E-state index is -0.879. The standard InChI is InChI=1S/C31H31N5O3/c32-29-25-14-13-22(18-24(25)15-16-33-29)20-34-30(38)26-12-7-17-36(26)31(39)28(23-10-5-2-6-11-23)35-27(37)19-21-8-3-1-4-9-21/h1-6,8-11,13-16,18,26,28H,7,12,17,19-20H2,(H2,32,33)(H,34,38)(H,35,37)/t26-,28+/m0/s1. The molecule has 39 heavy (non-hydrogen) atoms. The molecule has 1 fully saturated rings. The van der Waals surface area contributed by atoms with Crippen molar-refractivity contribution in [2.75, 3.05) is 12.3 Å². The number of amides is 3. The molecule has 1 aromatic heterocycles. The summed E-state index contributed by atoms with van der Waals surface area (Å²) >= 11 is 0. The van der Waals surface area contributed by atoms with E-state index in [4.69, 9.17) is 5.73 Å². The number of fused-ring (bicyclic) bond motifs is 1. The van der Waals surface area contributed by atoms with E-state index in [2.05, 4.69) is 15.6 Å². The molecule has 4 N–H and O–H groups in total. The van der Waals surface area contributed by atoms with Crippen LogP contribution in [-0.2, 0) is 27.3 Å². The number of aromatic nitrogens is 1. The molecule has 5 rings (SSSR count). The maximum Gasteiger partial charge on any atom is 0.250 e. The Balaban J connectivity index is 1.28. The Bertz CT molecular complexity index is 1480. The summed E-state index contributed by atoms with van der Waals surface area (Å²) in [5, 5.41) is 7.72. The molecule has 3 aromatic carbocycles. The van der Waals surface area contributed by atoms with Crippen LogP contribution < -0.4 is 16.4 Å². The van der Waals surface area contributed by atoms with Crippen molar-refractivity contribution in [1.82, 2.24) is 20.5 Å². The largest absolute Gasteiger partial charge is 0.383 e. The molecule has 0 spiro atoms. The zero-order valence-corrected chi connectivity index (χ0v) is 21.5. The molecule has 0 bridgehead atoms. The number of pyridine rings is 1. The third kappa shape index (κ3) is 6.06. The Morgan fingerprint density at radius 1 is 0.949 bits per heavy atom. The molecule has 198 valence electrons. The predicted molar refractivity (Wildman–Crippen MR) is 150 cm³/mol. The van der Waals surface area contributed by atoms with Crippen LogP contribution in [0.3, 0.4) is 0 Å². The van der Waals surface area contributed by atoms with Crippen LogP contribution in [0.1, 0.15) is 35.6 Å². The summed E-state index contributed by atoms with van der Waals surface area (Å²) < 4.78 is 0. The highest BCUT2D eigenvalue weighted by atomic mass is 16.2. The number of carbonyl (C=O) groups is 3. The fraction of sp³-hybridized carbons (Fsp3) is 0.226. The van der Waals surface area contributed by atoms with Crippen molar-refractivity contribution < 1.29 is 14.4 Å². The highest BCUT2D eigenvalue weighted by molar-refractivity contribution is 5.94. The predicted octanol–water partition coefficient (Wildman–Crippen LogP) is 3.52. The topological polar surface area (TPSA) is 117 Å². The number of hydrogen-bond donors (Lipinski definition) is 3. The van der Waals surface area contributed by atoms with Crippen LogP contribution in [0.4, 0.5) is 5.82 Å². The lowest BCUT2D eigenvalue weighted by Crippen LogP contribution is -2.50. The average molecular weight is 522 g/mol. The SMILES string of the molecule is Nc1nccc2cc(CNC(=O)[C@@H]3CCCN3C(=O)[C@H](NC(=O)Cc3ccccc3)c3ccccc3)ccc12. The first-order valence-electron chi connectivity index (χ1n) is 13.1. The first kappa shape index (κ1) is 25.9. The van der Waals surface area contributed by atoms with Gasteiger partial charge in [0.05, 0.1) is 6.42 Å². The van der Waals surface area contributed by atoms with E-state index in [-0.39, 0.29) is 24.1 Å². The second-order valence-electron chi connectivity index (χ2n) is 9.73. The molecule has 1 aliphatic rings. The lowest BCUT2D eigenvalue weighted by atomic mass is 10.0. The van der Waals surface area contributed by atoms with Crippen molar-refractivity contribution in [3.63, 3.8) is 0 Å². The molecule has 0 aliphatic carbocycles. The molecule has 0 radical (unpaired) electrons. The molecule has 2 heterocycles. The van der Waals surface area contributed by atoms with Crippen molar-refractivity contribution in [2.24, 2.45) is 0 Å². The number of hydrogen-bond acceptors (Lipinski definition) is 5. The van der Waals surface area contributed by atoms with Gasteiger partial charge in [0.15, 0.2) is 0 Å². The molecule has 3 amide bonds. The minimum Gasteiger partial charge on any atom is -0.383 e. The van der Waals surface area contributed by atoms with Crippen LogP contribution in [0.25, 0.3) is 10.8 Å². The fourth-order valence-electron chi connectivity index (χ4n) is 5.06. The molecule has 4 aromatic rings. The van der Waals surface area contributed by atoms with Gasteiger partial charge in [0, 0.05) is 24.7 Å². The first-order valence-corrected chi connectivity index (χ1v) is 13.1. The van der Waals surface area contributed by atoms with E-state index in [9.17, 15) is 14.4 Å². The number of rotatable bonds is 8. The van der Waals surface area contributed by atoms with Gasteiger partial charge in [-0.1, -0.05) is 72.8 Å². The lowest BCUT2D eigenvalue weighted by molar-refractivity contribution is -0.141. The van der Waals surface area contributed by atoms with Gasteiger partial charge in [-0.15, -0.1) is 0 Å². The molecule has 1 aliphatic heterocycles. The second kappa shape index (κ2) is 11.8. The van der Waals surface area contributed by atoms with Gasteiger partial charge in [-0.3, -0.25) is 14.4 Å². The van der Waals surface area contributed by atoms with Gasteiger partial charge in [0.2, 0.25) is 17.7 Å². The Morgan fingerprint density at radius 2 is 1.69 bits per heavy atom. The number of nitrogens with zero attached hydrogens (tertiary/aromatic N) is 2. The van der Waals surface area contributed by atoms with Crippen molar-refractivity contribution >= 4 is 34.3 Å². The monoisotopic (exact) mass is 521 g/mol. The highest BCUT2D eigenvalue weighted by Gasteiger charge is 2.38.